The Kier molecular flexibility index (Phi) is 7.88. The van der Waals surface area contributed by atoms with Gasteiger partial charge in [-0.15, -0.1) is 0 Å². The SMILES string of the molecule is Nc1nc(Cl)cc(-c2nn(C(F)F)cc2Cc2ccccc2OCCN2CCOC[C@H]2CO)n1. The van der Waals surface area contributed by atoms with E-state index in [0.717, 1.165) is 12.1 Å². The first-order valence-electron chi connectivity index (χ1n) is 10.7. The van der Waals surface area contributed by atoms with Crippen LogP contribution in [0.25, 0.3) is 11.4 Å². The van der Waals surface area contributed by atoms with E-state index in [0.29, 0.717) is 42.4 Å². The molecule has 182 valence electrons. The van der Waals surface area contributed by atoms with E-state index in [1.54, 1.807) is 0 Å². The molecule has 0 bridgehead atoms. The highest BCUT2D eigenvalue weighted by Gasteiger charge is 2.22. The summed E-state index contributed by atoms with van der Waals surface area (Å²) in [5.41, 5.74) is 7.50. The Bertz CT molecular complexity index is 1100. The fraction of sp³-hybridized carbons (Fsp3) is 0.409. The van der Waals surface area contributed by atoms with Crippen molar-refractivity contribution in [2.45, 2.75) is 19.0 Å². The number of halogens is 3. The summed E-state index contributed by atoms with van der Waals surface area (Å²) in [5, 5.41) is 13.6. The lowest BCUT2D eigenvalue weighted by molar-refractivity contribution is -0.0313. The number of rotatable bonds is 9. The van der Waals surface area contributed by atoms with Crippen molar-refractivity contribution in [3.8, 4) is 17.1 Å². The van der Waals surface area contributed by atoms with Gasteiger partial charge >= 0.3 is 6.55 Å². The molecule has 4 rings (SSSR count). The first kappa shape index (κ1) is 24.3. The molecule has 0 saturated carbocycles. The molecule has 3 heterocycles. The van der Waals surface area contributed by atoms with Crippen molar-refractivity contribution in [2.75, 3.05) is 45.3 Å². The molecule has 12 heteroatoms. The Morgan fingerprint density at radius 2 is 2.09 bits per heavy atom. The van der Waals surface area contributed by atoms with Crippen molar-refractivity contribution in [2.24, 2.45) is 0 Å². The maximum absolute atomic E-state index is 13.4. The molecule has 0 spiro atoms. The summed E-state index contributed by atoms with van der Waals surface area (Å²) < 4.78 is 38.9. The van der Waals surface area contributed by atoms with E-state index in [9.17, 15) is 13.9 Å². The summed E-state index contributed by atoms with van der Waals surface area (Å²) in [6.07, 6.45) is 1.55. The minimum Gasteiger partial charge on any atom is -0.492 e. The number of aromatic nitrogens is 4. The molecule has 1 aliphatic heterocycles. The molecule has 2 aromatic heterocycles. The molecule has 9 nitrogen and oxygen atoms in total. The standard InChI is InChI=1S/C22H25ClF2N6O3/c23-19-10-17(27-22(26)28-19)20-15(11-31(29-20)21(24)25)9-14-3-1-2-4-18(14)34-8-6-30-5-7-33-13-16(30)12-32/h1-4,10-11,16,21,32H,5-9,12-13H2,(H2,26,27,28)/t16-/m1/s1. The maximum Gasteiger partial charge on any atom is 0.333 e. The van der Waals surface area contributed by atoms with Crippen molar-refractivity contribution in [1.29, 1.82) is 0 Å². The van der Waals surface area contributed by atoms with Crippen LogP contribution in [0.2, 0.25) is 5.15 Å². The van der Waals surface area contributed by atoms with Gasteiger partial charge in [0.2, 0.25) is 5.95 Å². The van der Waals surface area contributed by atoms with Crippen LogP contribution in [0, 0.1) is 0 Å². The smallest absolute Gasteiger partial charge is 0.333 e. The van der Waals surface area contributed by atoms with Gasteiger partial charge in [-0.2, -0.15) is 13.9 Å². The van der Waals surface area contributed by atoms with Gasteiger partial charge in [-0.25, -0.2) is 14.6 Å². The van der Waals surface area contributed by atoms with Crippen molar-refractivity contribution in [3.05, 3.63) is 52.8 Å². The van der Waals surface area contributed by atoms with Gasteiger partial charge in [0, 0.05) is 37.3 Å². The number of aliphatic hydroxyl groups is 1. The average molecular weight is 495 g/mol. The molecule has 1 atom stereocenters. The average Bonchev–Trinajstić information content (AvgIpc) is 3.24. The number of morpholine rings is 1. The third kappa shape index (κ3) is 5.79. The van der Waals surface area contributed by atoms with E-state index < -0.39 is 6.55 Å². The van der Waals surface area contributed by atoms with Crippen LogP contribution in [-0.2, 0) is 11.2 Å². The summed E-state index contributed by atoms with van der Waals surface area (Å²) >= 11 is 5.99. The number of para-hydroxylation sites is 1. The number of nitrogens with zero attached hydrogens (tertiary/aromatic N) is 5. The molecule has 34 heavy (non-hydrogen) atoms. The van der Waals surface area contributed by atoms with E-state index in [1.165, 1.54) is 12.3 Å². The molecule has 3 aromatic rings. The van der Waals surface area contributed by atoms with E-state index in [1.807, 2.05) is 24.3 Å². The second-order valence-electron chi connectivity index (χ2n) is 7.77. The van der Waals surface area contributed by atoms with Crippen LogP contribution in [0.1, 0.15) is 17.7 Å². The number of hydrogen-bond donors (Lipinski definition) is 2. The summed E-state index contributed by atoms with van der Waals surface area (Å²) in [5.74, 6) is 0.556. The van der Waals surface area contributed by atoms with Gasteiger partial charge in [0.05, 0.1) is 31.6 Å². The van der Waals surface area contributed by atoms with Gasteiger partial charge in [-0.1, -0.05) is 29.8 Å². The zero-order chi connectivity index (χ0) is 24.1. The zero-order valence-corrected chi connectivity index (χ0v) is 19.0. The molecular formula is C22H25ClF2N6O3. The Balaban J connectivity index is 1.54. The van der Waals surface area contributed by atoms with Crippen molar-refractivity contribution in [1.82, 2.24) is 24.6 Å². The van der Waals surface area contributed by atoms with Gasteiger partial charge in [0.1, 0.15) is 23.2 Å². The number of benzene rings is 1. The van der Waals surface area contributed by atoms with Crippen LogP contribution in [0.5, 0.6) is 5.75 Å². The predicted molar refractivity (Wildman–Crippen MR) is 122 cm³/mol. The van der Waals surface area contributed by atoms with Gasteiger partial charge in [-0.05, 0) is 11.6 Å². The third-order valence-electron chi connectivity index (χ3n) is 5.51. The maximum atomic E-state index is 13.4. The number of nitrogen functional groups attached to an aromatic ring is 1. The summed E-state index contributed by atoms with van der Waals surface area (Å²) in [7, 11) is 0. The lowest BCUT2D eigenvalue weighted by atomic mass is 10.0. The quantitative estimate of drug-likeness (QED) is 0.437. The van der Waals surface area contributed by atoms with E-state index in [4.69, 9.17) is 26.8 Å². The van der Waals surface area contributed by atoms with Crippen molar-refractivity contribution in [3.63, 3.8) is 0 Å². The van der Waals surface area contributed by atoms with Crippen LogP contribution < -0.4 is 10.5 Å². The van der Waals surface area contributed by atoms with Crippen LogP contribution in [0.4, 0.5) is 14.7 Å². The van der Waals surface area contributed by atoms with Gasteiger partial charge < -0.3 is 20.3 Å². The van der Waals surface area contributed by atoms with Crippen molar-refractivity contribution < 1.29 is 23.4 Å². The van der Waals surface area contributed by atoms with E-state index in [-0.39, 0.29) is 41.6 Å². The largest absolute Gasteiger partial charge is 0.492 e. The summed E-state index contributed by atoms with van der Waals surface area (Å²) in [6.45, 7) is 0.0394. The number of nitrogens with two attached hydrogens (primary N) is 1. The Labute approximate surface area is 200 Å². The topological polar surface area (TPSA) is 112 Å². The normalized spacial score (nSPS) is 16.8. The number of alkyl halides is 2. The minimum absolute atomic E-state index is 0.0189. The van der Waals surface area contributed by atoms with Crippen LogP contribution in [0.15, 0.2) is 36.5 Å². The Morgan fingerprint density at radius 3 is 2.85 bits per heavy atom. The first-order chi connectivity index (χ1) is 16.4. The highest BCUT2D eigenvalue weighted by molar-refractivity contribution is 6.29. The van der Waals surface area contributed by atoms with Crippen molar-refractivity contribution >= 4 is 17.5 Å². The number of hydrogen-bond acceptors (Lipinski definition) is 8. The van der Waals surface area contributed by atoms with E-state index in [2.05, 4.69) is 20.0 Å². The highest BCUT2D eigenvalue weighted by Crippen LogP contribution is 2.29. The molecule has 1 saturated heterocycles. The molecule has 1 aliphatic rings. The van der Waals surface area contributed by atoms with Crippen LogP contribution >= 0.6 is 11.6 Å². The number of anilines is 1. The first-order valence-corrected chi connectivity index (χ1v) is 11.1. The summed E-state index contributed by atoms with van der Waals surface area (Å²) in [4.78, 5) is 10.1. The molecule has 1 aromatic carbocycles. The minimum atomic E-state index is -2.82. The highest BCUT2D eigenvalue weighted by atomic mass is 35.5. The zero-order valence-electron chi connectivity index (χ0n) is 18.3. The number of ether oxygens (including phenoxy) is 2. The number of aliphatic hydroxyl groups excluding tert-OH is 1. The Morgan fingerprint density at radius 1 is 1.26 bits per heavy atom. The van der Waals surface area contributed by atoms with Gasteiger partial charge in [0.25, 0.3) is 0 Å². The second kappa shape index (κ2) is 11.0. The lowest BCUT2D eigenvalue weighted by Crippen LogP contribution is -2.48. The monoisotopic (exact) mass is 494 g/mol. The summed E-state index contributed by atoms with van der Waals surface area (Å²) in [6, 6.07) is 8.77. The van der Waals surface area contributed by atoms with Crippen LogP contribution in [-0.4, -0.2) is 75.3 Å². The second-order valence-corrected chi connectivity index (χ2v) is 8.16. The molecule has 0 aliphatic carbocycles. The molecule has 1 fully saturated rings. The molecule has 0 amide bonds. The third-order valence-corrected chi connectivity index (χ3v) is 5.71. The fourth-order valence-electron chi connectivity index (χ4n) is 3.85. The Hall–Kier alpha value is -2.86. The predicted octanol–water partition coefficient (Wildman–Crippen LogP) is 2.63. The fourth-order valence-corrected chi connectivity index (χ4v) is 4.04. The lowest BCUT2D eigenvalue weighted by Gasteiger charge is -2.34. The van der Waals surface area contributed by atoms with E-state index >= 15 is 0 Å². The molecule has 0 unspecified atom stereocenters. The van der Waals surface area contributed by atoms with Crippen LogP contribution in [0.3, 0.4) is 0 Å². The van der Waals surface area contributed by atoms with Gasteiger partial charge in [-0.3, -0.25) is 4.90 Å². The molecule has 3 N–H and O–H groups in total. The van der Waals surface area contributed by atoms with Gasteiger partial charge in [0.15, 0.2) is 0 Å². The molecule has 0 radical (unpaired) electrons. The molecular weight excluding hydrogens is 470 g/mol.